The minimum absolute atomic E-state index is 0.00336. The second kappa shape index (κ2) is 9.65. The summed E-state index contributed by atoms with van der Waals surface area (Å²) >= 11 is 0. The van der Waals surface area contributed by atoms with Gasteiger partial charge >= 0.3 is 0 Å². The Kier molecular flexibility index (Phi) is 6.95. The maximum Gasteiger partial charge on any atom is 0.261 e. The van der Waals surface area contributed by atoms with Crippen LogP contribution in [0, 0.1) is 13.8 Å². The molecule has 3 N–H and O–H groups in total. The van der Waals surface area contributed by atoms with Crippen molar-refractivity contribution < 1.29 is 18.0 Å². The summed E-state index contributed by atoms with van der Waals surface area (Å²) in [5.74, 6) is -0.617. The number of aryl methyl sites for hydroxylation is 2. The molecule has 0 aliphatic carbocycles. The van der Waals surface area contributed by atoms with Crippen LogP contribution in [0.3, 0.4) is 0 Å². The molecule has 8 heteroatoms. The summed E-state index contributed by atoms with van der Waals surface area (Å²) in [5.41, 5.74) is 3.53. The van der Waals surface area contributed by atoms with E-state index in [1.807, 2.05) is 13.0 Å². The summed E-state index contributed by atoms with van der Waals surface area (Å²) in [6, 6.07) is 18.4. The molecule has 0 saturated carbocycles. The van der Waals surface area contributed by atoms with E-state index >= 15 is 0 Å². The Balaban J connectivity index is 1.78. The van der Waals surface area contributed by atoms with Crippen molar-refractivity contribution in [1.82, 2.24) is 10.6 Å². The summed E-state index contributed by atoms with van der Waals surface area (Å²) in [4.78, 5) is 24.6. The molecule has 2 amide bonds. The highest BCUT2D eigenvalue weighted by Crippen LogP contribution is 2.20. The maximum absolute atomic E-state index is 12.8. The van der Waals surface area contributed by atoms with Gasteiger partial charge in [-0.1, -0.05) is 30.3 Å². The van der Waals surface area contributed by atoms with E-state index in [1.54, 1.807) is 62.5 Å². The van der Waals surface area contributed by atoms with Crippen LogP contribution < -0.4 is 15.4 Å². The highest BCUT2D eigenvalue weighted by atomic mass is 32.2. The van der Waals surface area contributed by atoms with Gasteiger partial charge < -0.3 is 10.6 Å². The van der Waals surface area contributed by atoms with E-state index < -0.39 is 15.9 Å². The Labute approximate surface area is 187 Å². The molecule has 0 heterocycles. The third-order valence-corrected chi connectivity index (χ3v) is 6.28. The topological polar surface area (TPSA) is 104 Å². The Morgan fingerprint density at radius 2 is 1.62 bits per heavy atom. The summed E-state index contributed by atoms with van der Waals surface area (Å²) < 4.78 is 28.2. The lowest BCUT2D eigenvalue weighted by Crippen LogP contribution is -2.25. The molecule has 0 aliphatic heterocycles. The molecule has 0 saturated heterocycles. The van der Waals surface area contributed by atoms with Crippen LogP contribution in [0.15, 0.2) is 71.6 Å². The summed E-state index contributed by atoms with van der Waals surface area (Å²) in [7, 11) is -2.31. The van der Waals surface area contributed by atoms with Crippen LogP contribution >= 0.6 is 0 Å². The number of amides is 2. The molecule has 0 fully saturated rings. The minimum Gasteiger partial charge on any atom is -0.355 e. The van der Waals surface area contributed by atoms with E-state index in [-0.39, 0.29) is 22.9 Å². The first-order valence-electron chi connectivity index (χ1n) is 9.99. The number of hydrogen-bond acceptors (Lipinski definition) is 4. The van der Waals surface area contributed by atoms with Gasteiger partial charge in [-0.05, 0) is 66.9 Å². The van der Waals surface area contributed by atoms with E-state index in [2.05, 4.69) is 15.4 Å². The molecule has 3 rings (SSSR count). The summed E-state index contributed by atoms with van der Waals surface area (Å²) in [5, 5.41) is 5.35. The molecule has 166 valence electrons. The molecule has 32 heavy (non-hydrogen) atoms. The van der Waals surface area contributed by atoms with Gasteiger partial charge in [0.2, 0.25) is 0 Å². The first-order chi connectivity index (χ1) is 15.2. The highest BCUT2D eigenvalue weighted by Gasteiger charge is 2.18. The number of sulfonamides is 1. The van der Waals surface area contributed by atoms with Crippen molar-refractivity contribution in [3.05, 3.63) is 94.5 Å². The first kappa shape index (κ1) is 23.0. The quantitative estimate of drug-likeness (QED) is 0.512. The molecule has 7 nitrogen and oxygen atoms in total. The third-order valence-electron chi connectivity index (χ3n) is 4.90. The summed E-state index contributed by atoms with van der Waals surface area (Å²) in [6.07, 6.45) is 0. The lowest BCUT2D eigenvalue weighted by Gasteiger charge is -2.12. The Morgan fingerprint density at radius 3 is 2.34 bits per heavy atom. The zero-order valence-corrected chi connectivity index (χ0v) is 18.9. The van der Waals surface area contributed by atoms with Gasteiger partial charge in [0.1, 0.15) is 0 Å². The fourth-order valence-corrected chi connectivity index (χ4v) is 4.26. The normalized spacial score (nSPS) is 11.0. The van der Waals surface area contributed by atoms with Gasteiger partial charge in [-0.15, -0.1) is 0 Å². The lowest BCUT2D eigenvalue weighted by atomic mass is 10.1. The fraction of sp³-hybridized carbons (Fsp3) is 0.167. The molecule has 0 bridgehead atoms. The molecular weight excluding hydrogens is 426 g/mol. The van der Waals surface area contributed by atoms with Crippen LogP contribution in [0.2, 0.25) is 0 Å². The SMILES string of the molecule is CNC(=O)c1cccc(CNC(=O)c2cc(S(=O)(=O)Nc3cccc(C)c3)ccc2C)c1. The number of carbonyl (C=O) groups is 2. The van der Waals surface area contributed by atoms with Gasteiger partial charge in [-0.25, -0.2) is 8.42 Å². The number of carbonyl (C=O) groups excluding carboxylic acids is 2. The van der Waals surface area contributed by atoms with Crippen LogP contribution in [0.5, 0.6) is 0 Å². The van der Waals surface area contributed by atoms with Crippen molar-refractivity contribution >= 4 is 27.5 Å². The molecule has 0 aromatic heterocycles. The van der Waals surface area contributed by atoms with Gasteiger partial charge in [0.05, 0.1) is 4.90 Å². The predicted octanol–water partition coefficient (Wildman–Crippen LogP) is 3.39. The average Bonchev–Trinajstić information content (AvgIpc) is 2.77. The molecular formula is C24H25N3O4S. The maximum atomic E-state index is 12.8. The monoisotopic (exact) mass is 451 g/mol. The third kappa shape index (κ3) is 5.53. The minimum atomic E-state index is -3.86. The number of nitrogens with one attached hydrogen (secondary N) is 3. The van der Waals surface area contributed by atoms with Crippen LogP contribution in [0.1, 0.15) is 37.4 Å². The van der Waals surface area contributed by atoms with Gasteiger partial charge in [-0.2, -0.15) is 0 Å². The second-order valence-electron chi connectivity index (χ2n) is 7.41. The number of rotatable bonds is 7. The Morgan fingerprint density at radius 1 is 0.875 bits per heavy atom. The smallest absolute Gasteiger partial charge is 0.261 e. The summed E-state index contributed by atoms with van der Waals surface area (Å²) in [6.45, 7) is 3.81. The van der Waals surface area contributed by atoms with Crippen molar-refractivity contribution in [2.45, 2.75) is 25.3 Å². The molecule has 0 atom stereocenters. The predicted molar refractivity (Wildman–Crippen MR) is 124 cm³/mol. The fourth-order valence-electron chi connectivity index (χ4n) is 3.18. The van der Waals surface area contributed by atoms with Gasteiger partial charge in [0.15, 0.2) is 0 Å². The van der Waals surface area contributed by atoms with E-state index in [0.717, 1.165) is 11.1 Å². The van der Waals surface area contributed by atoms with Crippen LogP contribution in [-0.2, 0) is 16.6 Å². The molecule has 0 spiro atoms. The van der Waals surface area contributed by atoms with Crippen molar-refractivity contribution in [2.24, 2.45) is 0 Å². The Bertz CT molecular complexity index is 1270. The van der Waals surface area contributed by atoms with Crippen LogP contribution in [0.25, 0.3) is 0 Å². The van der Waals surface area contributed by atoms with E-state index in [4.69, 9.17) is 0 Å². The zero-order valence-electron chi connectivity index (χ0n) is 18.1. The molecule has 0 radical (unpaired) electrons. The Hall–Kier alpha value is -3.65. The van der Waals surface area contributed by atoms with Crippen molar-refractivity contribution in [1.29, 1.82) is 0 Å². The molecule has 0 aliphatic rings. The zero-order chi connectivity index (χ0) is 23.3. The first-order valence-corrected chi connectivity index (χ1v) is 11.5. The lowest BCUT2D eigenvalue weighted by molar-refractivity contribution is 0.0948. The molecule has 0 unspecified atom stereocenters. The van der Waals surface area contributed by atoms with E-state index in [1.165, 1.54) is 12.1 Å². The van der Waals surface area contributed by atoms with Crippen molar-refractivity contribution in [3.8, 4) is 0 Å². The second-order valence-corrected chi connectivity index (χ2v) is 9.10. The molecule has 3 aromatic carbocycles. The van der Waals surface area contributed by atoms with E-state index in [9.17, 15) is 18.0 Å². The highest BCUT2D eigenvalue weighted by molar-refractivity contribution is 7.92. The van der Waals surface area contributed by atoms with Crippen LogP contribution in [-0.4, -0.2) is 27.3 Å². The largest absolute Gasteiger partial charge is 0.355 e. The van der Waals surface area contributed by atoms with E-state index in [0.29, 0.717) is 16.8 Å². The standard InChI is InChI=1S/C24H25N3O4S/c1-16-6-4-9-20(12-16)27-32(30,31)21-11-10-17(2)22(14-21)24(29)26-15-18-7-5-8-19(13-18)23(28)25-3/h4-14,27H,15H2,1-3H3,(H,25,28)(H,26,29). The number of anilines is 1. The number of hydrogen-bond donors (Lipinski definition) is 3. The van der Waals surface area contributed by atoms with Crippen LogP contribution in [0.4, 0.5) is 5.69 Å². The average molecular weight is 452 g/mol. The van der Waals surface area contributed by atoms with Gasteiger partial charge in [-0.3, -0.25) is 14.3 Å². The van der Waals surface area contributed by atoms with Crippen molar-refractivity contribution in [2.75, 3.05) is 11.8 Å². The van der Waals surface area contributed by atoms with Gasteiger partial charge in [0, 0.05) is 30.4 Å². The van der Waals surface area contributed by atoms with Gasteiger partial charge in [0.25, 0.3) is 21.8 Å². The molecule has 3 aromatic rings. The van der Waals surface area contributed by atoms with Crippen molar-refractivity contribution in [3.63, 3.8) is 0 Å². The number of benzene rings is 3.